The first kappa shape index (κ1) is 22.5. The second-order valence-corrected chi connectivity index (χ2v) is 7.31. The Kier molecular flexibility index (Phi) is 6.72. The minimum absolute atomic E-state index is 0.0751. The van der Waals surface area contributed by atoms with E-state index in [9.17, 15) is 14.4 Å². The Morgan fingerprint density at radius 1 is 1.13 bits per heavy atom. The SMILES string of the molecule is CCOC(=O)c1[nH]c2ccc(Oc3c(Cl)cc(C(=O)NCC(=O)O)cc3Cl)cc2c1C. The van der Waals surface area contributed by atoms with Crippen LogP contribution >= 0.6 is 23.2 Å². The van der Waals surface area contributed by atoms with Crippen LogP contribution < -0.4 is 10.1 Å². The number of carbonyl (C=O) groups is 3. The van der Waals surface area contributed by atoms with E-state index in [2.05, 4.69) is 10.3 Å². The predicted molar refractivity (Wildman–Crippen MR) is 115 cm³/mol. The molecule has 3 N–H and O–H groups in total. The normalized spacial score (nSPS) is 10.7. The highest BCUT2D eigenvalue weighted by atomic mass is 35.5. The fraction of sp³-hybridized carbons (Fsp3) is 0.190. The zero-order valence-electron chi connectivity index (χ0n) is 16.5. The first-order valence-corrected chi connectivity index (χ1v) is 9.93. The second kappa shape index (κ2) is 9.28. The van der Waals surface area contributed by atoms with Gasteiger partial charge in [-0.05, 0) is 49.7 Å². The summed E-state index contributed by atoms with van der Waals surface area (Å²) in [7, 11) is 0. The number of benzene rings is 2. The van der Waals surface area contributed by atoms with Crippen LogP contribution in [-0.2, 0) is 9.53 Å². The van der Waals surface area contributed by atoms with E-state index in [1.54, 1.807) is 32.0 Å². The molecule has 0 saturated heterocycles. The summed E-state index contributed by atoms with van der Waals surface area (Å²) in [6.07, 6.45) is 0. The van der Waals surface area contributed by atoms with Gasteiger partial charge in [0.15, 0.2) is 5.75 Å². The standard InChI is InChI=1S/C21H18Cl2N2O6/c1-3-30-21(29)18-10(2)13-8-12(4-5-16(13)25-18)31-19-14(22)6-11(7-15(19)23)20(28)24-9-17(26)27/h4-8,25H,3,9H2,1-2H3,(H,24,28)(H,26,27). The second-order valence-electron chi connectivity index (χ2n) is 6.50. The van der Waals surface area contributed by atoms with Crippen LogP contribution in [0, 0.1) is 6.92 Å². The number of H-pyrrole nitrogens is 1. The molecule has 0 atom stereocenters. The third-order valence-electron chi connectivity index (χ3n) is 4.39. The molecule has 0 saturated carbocycles. The molecule has 3 aromatic rings. The predicted octanol–water partition coefficient (Wildman–Crippen LogP) is 4.57. The molecule has 0 fully saturated rings. The zero-order valence-corrected chi connectivity index (χ0v) is 18.1. The Hall–Kier alpha value is -3.23. The van der Waals surface area contributed by atoms with Crippen LogP contribution in [0.2, 0.25) is 10.0 Å². The quantitative estimate of drug-likeness (QED) is 0.440. The summed E-state index contributed by atoms with van der Waals surface area (Å²) in [4.78, 5) is 37.8. The lowest BCUT2D eigenvalue weighted by atomic mass is 10.1. The van der Waals surface area contributed by atoms with Gasteiger partial charge in [0.1, 0.15) is 18.0 Å². The van der Waals surface area contributed by atoms with Crippen molar-refractivity contribution >= 4 is 52.0 Å². The highest BCUT2D eigenvalue weighted by Crippen LogP contribution is 2.38. The van der Waals surface area contributed by atoms with Crippen molar-refractivity contribution in [2.75, 3.05) is 13.2 Å². The monoisotopic (exact) mass is 464 g/mol. The van der Waals surface area contributed by atoms with Crippen molar-refractivity contribution in [3.63, 3.8) is 0 Å². The summed E-state index contributed by atoms with van der Waals surface area (Å²) in [5, 5.41) is 11.8. The van der Waals surface area contributed by atoms with E-state index < -0.39 is 24.4 Å². The molecule has 2 aromatic carbocycles. The first-order valence-electron chi connectivity index (χ1n) is 9.17. The van der Waals surface area contributed by atoms with Gasteiger partial charge in [-0.1, -0.05) is 23.2 Å². The Morgan fingerprint density at radius 3 is 2.42 bits per heavy atom. The number of carboxylic acid groups (broad SMARTS) is 1. The topological polar surface area (TPSA) is 118 Å². The van der Waals surface area contributed by atoms with Gasteiger partial charge in [-0.3, -0.25) is 9.59 Å². The van der Waals surface area contributed by atoms with Crippen molar-refractivity contribution in [1.29, 1.82) is 0 Å². The number of hydrogen-bond acceptors (Lipinski definition) is 5. The van der Waals surface area contributed by atoms with Gasteiger partial charge in [0, 0.05) is 16.5 Å². The third-order valence-corrected chi connectivity index (χ3v) is 4.95. The van der Waals surface area contributed by atoms with E-state index in [0.29, 0.717) is 17.0 Å². The molecule has 0 aliphatic heterocycles. The molecule has 162 valence electrons. The molecule has 3 rings (SSSR count). The number of aliphatic carboxylic acids is 1. The minimum Gasteiger partial charge on any atom is -0.480 e. The lowest BCUT2D eigenvalue weighted by Gasteiger charge is -2.12. The summed E-state index contributed by atoms with van der Waals surface area (Å²) >= 11 is 12.5. The third kappa shape index (κ3) is 4.92. The number of amides is 1. The number of esters is 1. The number of rotatable bonds is 7. The lowest BCUT2D eigenvalue weighted by molar-refractivity contribution is -0.135. The van der Waals surface area contributed by atoms with E-state index in [1.165, 1.54) is 12.1 Å². The van der Waals surface area contributed by atoms with Gasteiger partial charge in [-0.15, -0.1) is 0 Å². The molecule has 0 bridgehead atoms. The average Bonchev–Trinajstić information content (AvgIpc) is 3.05. The highest BCUT2D eigenvalue weighted by molar-refractivity contribution is 6.37. The van der Waals surface area contributed by atoms with Crippen molar-refractivity contribution in [2.24, 2.45) is 0 Å². The van der Waals surface area contributed by atoms with Crippen LogP contribution in [0.1, 0.15) is 33.3 Å². The number of hydrogen-bond donors (Lipinski definition) is 3. The molecule has 1 heterocycles. The van der Waals surface area contributed by atoms with E-state index in [-0.39, 0.29) is 28.0 Å². The number of aromatic nitrogens is 1. The van der Waals surface area contributed by atoms with Gasteiger partial charge in [0.2, 0.25) is 0 Å². The molecule has 31 heavy (non-hydrogen) atoms. The molecule has 1 amide bonds. The van der Waals surface area contributed by atoms with Gasteiger partial charge in [0.05, 0.1) is 16.7 Å². The van der Waals surface area contributed by atoms with Crippen LogP contribution in [0.4, 0.5) is 0 Å². The van der Waals surface area contributed by atoms with Crippen LogP contribution in [0.15, 0.2) is 30.3 Å². The number of halogens is 2. The Bertz CT molecular complexity index is 1170. The molecule has 8 nitrogen and oxygen atoms in total. The van der Waals surface area contributed by atoms with Gasteiger partial charge in [-0.2, -0.15) is 0 Å². The average molecular weight is 465 g/mol. The summed E-state index contributed by atoms with van der Waals surface area (Å²) in [6.45, 7) is 3.26. The molecular weight excluding hydrogens is 447 g/mol. The van der Waals surface area contributed by atoms with Crippen LogP contribution in [0.5, 0.6) is 11.5 Å². The smallest absolute Gasteiger partial charge is 0.355 e. The molecular formula is C21H18Cl2N2O6. The van der Waals surface area contributed by atoms with Gasteiger partial charge < -0.3 is 24.9 Å². The molecule has 0 spiro atoms. The summed E-state index contributed by atoms with van der Waals surface area (Å²) in [6, 6.07) is 7.81. The van der Waals surface area contributed by atoms with E-state index in [4.69, 9.17) is 37.8 Å². The number of fused-ring (bicyclic) bond motifs is 1. The van der Waals surface area contributed by atoms with Gasteiger partial charge >= 0.3 is 11.9 Å². The molecule has 0 unspecified atom stereocenters. The highest BCUT2D eigenvalue weighted by Gasteiger charge is 2.18. The number of carbonyl (C=O) groups excluding carboxylic acids is 2. The maximum Gasteiger partial charge on any atom is 0.355 e. The van der Waals surface area contributed by atoms with Crippen LogP contribution in [0.25, 0.3) is 10.9 Å². The summed E-state index contributed by atoms with van der Waals surface area (Å²) < 4.78 is 10.9. The van der Waals surface area contributed by atoms with Gasteiger partial charge in [0.25, 0.3) is 5.91 Å². The Morgan fingerprint density at radius 2 is 1.81 bits per heavy atom. The van der Waals surface area contributed by atoms with Crippen molar-refractivity contribution in [1.82, 2.24) is 10.3 Å². The minimum atomic E-state index is -1.17. The fourth-order valence-corrected chi connectivity index (χ4v) is 3.51. The zero-order chi connectivity index (χ0) is 22.7. The number of aryl methyl sites for hydroxylation is 1. The van der Waals surface area contributed by atoms with E-state index in [1.807, 2.05) is 0 Å². The lowest BCUT2D eigenvalue weighted by Crippen LogP contribution is -2.29. The maximum absolute atomic E-state index is 12.1. The first-order chi connectivity index (χ1) is 14.7. The largest absolute Gasteiger partial charge is 0.480 e. The van der Waals surface area contributed by atoms with Crippen molar-refractivity contribution in [3.8, 4) is 11.5 Å². The molecule has 1 aromatic heterocycles. The number of carboxylic acids is 1. The Balaban J connectivity index is 1.88. The number of ether oxygens (including phenoxy) is 2. The number of nitrogens with one attached hydrogen (secondary N) is 2. The Labute approximate surface area is 187 Å². The van der Waals surface area contributed by atoms with Crippen LogP contribution in [-0.4, -0.2) is 41.1 Å². The van der Waals surface area contributed by atoms with Crippen molar-refractivity contribution in [3.05, 3.63) is 57.2 Å². The van der Waals surface area contributed by atoms with Crippen LogP contribution in [0.3, 0.4) is 0 Å². The maximum atomic E-state index is 12.1. The molecule has 0 aliphatic rings. The van der Waals surface area contributed by atoms with E-state index in [0.717, 1.165) is 10.9 Å². The molecule has 0 radical (unpaired) electrons. The number of aromatic amines is 1. The fourth-order valence-electron chi connectivity index (χ4n) is 2.94. The molecule has 10 heteroatoms. The summed E-state index contributed by atoms with van der Waals surface area (Å²) in [5.74, 6) is -1.70. The van der Waals surface area contributed by atoms with Gasteiger partial charge in [-0.25, -0.2) is 4.79 Å². The van der Waals surface area contributed by atoms with Crippen molar-refractivity contribution in [2.45, 2.75) is 13.8 Å². The molecule has 0 aliphatic carbocycles. The van der Waals surface area contributed by atoms with Crippen molar-refractivity contribution < 1.29 is 29.0 Å². The van der Waals surface area contributed by atoms with E-state index >= 15 is 0 Å². The summed E-state index contributed by atoms with van der Waals surface area (Å²) in [5.41, 5.74) is 1.90.